The van der Waals surface area contributed by atoms with Gasteiger partial charge < -0.3 is 10.1 Å². The van der Waals surface area contributed by atoms with Crippen LogP contribution in [-0.2, 0) is 19.6 Å². The summed E-state index contributed by atoms with van der Waals surface area (Å²) in [4.78, 5) is 25.1. The molecule has 4 aromatic carbocycles. The molecule has 4 rings (SSSR count). The van der Waals surface area contributed by atoms with E-state index in [4.69, 9.17) is 9.88 Å². The number of carbonyl (C=O) groups is 2. The summed E-state index contributed by atoms with van der Waals surface area (Å²) >= 11 is 0. The van der Waals surface area contributed by atoms with E-state index in [1.165, 1.54) is 24.3 Å². The van der Waals surface area contributed by atoms with E-state index < -0.39 is 28.5 Å². The third-order valence-electron chi connectivity index (χ3n) is 4.78. The molecule has 0 aliphatic rings. The maximum absolute atomic E-state index is 12.9. The van der Waals surface area contributed by atoms with Crippen molar-refractivity contribution in [3.8, 4) is 0 Å². The number of sulfonamides is 1. The standard InChI is InChI=1S/C23H18N2O5S/c24-31(28,29)18-11-9-17(10-12-18)25-21(26)14-30-23(27)22-19-7-3-1-5-15(19)13-16-6-2-4-8-20(16)22/h1-13H,14H2,(H,25,26)(H2,24,28,29). The van der Waals surface area contributed by atoms with Crippen LogP contribution in [0.3, 0.4) is 0 Å². The first-order chi connectivity index (χ1) is 14.8. The molecule has 156 valence electrons. The highest BCUT2D eigenvalue weighted by Crippen LogP contribution is 2.29. The molecule has 7 nitrogen and oxygen atoms in total. The number of carbonyl (C=O) groups excluding carboxylic acids is 2. The zero-order valence-electron chi connectivity index (χ0n) is 16.2. The number of rotatable bonds is 5. The Morgan fingerprint density at radius 1 is 0.839 bits per heavy atom. The van der Waals surface area contributed by atoms with Crippen molar-refractivity contribution in [3.05, 3.63) is 84.4 Å². The summed E-state index contributed by atoms with van der Waals surface area (Å²) in [6, 6.07) is 22.3. The number of anilines is 1. The Kier molecular flexibility index (Phi) is 5.41. The van der Waals surface area contributed by atoms with E-state index in [0.717, 1.165) is 21.5 Å². The predicted octanol–water partition coefficient (Wildman–Crippen LogP) is 3.44. The minimum Gasteiger partial charge on any atom is -0.452 e. The molecule has 0 radical (unpaired) electrons. The lowest BCUT2D eigenvalue weighted by atomic mass is 9.97. The largest absolute Gasteiger partial charge is 0.452 e. The summed E-state index contributed by atoms with van der Waals surface area (Å²) in [5, 5.41) is 10.9. The average Bonchev–Trinajstić information content (AvgIpc) is 2.75. The van der Waals surface area contributed by atoms with Crippen molar-refractivity contribution in [3.63, 3.8) is 0 Å². The number of hydrogen-bond donors (Lipinski definition) is 2. The maximum atomic E-state index is 12.9. The number of ether oxygens (including phenoxy) is 1. The summed E-state index contributed by atoms with van der Waals surface area (Å²) in [7, 11) is -3.82. The van der Waals surface area contributed by atoms with Gasteiger partial charge in [-0.3, -0.25) is 4.79 Å². The van der Waals surface area contributed by atoms with E-state index >= 15 is 0 Å². The smallest absolute Gasteiger partial charge is 0.339 e. The molecule has 0 saturated carbocycles. The van der Waals surface area contributed by atoms with Crippen LogP contribution < -0.4 is 10.5 Å². The summed E-state index contributed by atoms with van der Waals surface area (Å²) in [6.45, 7) is -0.493. The molecule has 0 unspecified atom stereocenters. The Labute approximate surface area is 178 Å². The van der Waals surface area contributed by atoms with Crippen LogP contribution in [0.4, 0.5) is 5.69 Å². The molecule has 8 heteroatoms. The number of nitrogens with two attached hydrogens (primary N) is 1. The van der Waals surface area contributed by atoms with Gasteiger partial charge in [0.15, 0.2) is 6.61 Å². The number of benzene rings is 4. The van der Waals surface area contributed by atoms with Crippen LogP contribution in [0.15, 0.2) is 83.8 Å². The first kappa shape index (κ1) is 20.5. The molecule has 0 aromatic heterocycles. The Bertz CT molecular complexity index is 1360. The van der Waals surface area contributed by atoms with E-state index in [-0.39, 0.29) is 4.90 Å². The number of amides is 1. The first-order valence-electron chi connectivity index (χ1n) is 9.33. The van der Waals surface area contributed by atoms with E-state index in [0.29, 0.717) is 11.3 Å². The highest BCUT2D eigenvalue weighted by molar-refractivity contribution is 7.89. The zero-order chi connectivity index (χ0) is 22.0. The van der Waals surface area contributed by atoms with Crippen LogP contribution in [0.5, 0.6) is 0 Å². The van der Waals surface area contributed by atoms with Gasteiger partial charge in [0.2, 0.25) is 10.0 Å². The van der Waals surface area contributed by atoms with Crippen LogP contribution in [0.1, 0.15) is 10.4 Å². The van der Waals surface area contributed by atoms with Crippen molar-refractivity contribution < 1.29 is 22.7 Å². The van der Waals surface area contributed by atoms with Gasteiger partial charge in [-0.1, -0.05) is 48.5 Å². The predicted molar refractivity (Wildman–Crippen MR) is 118 cm³/mol. The molecule has 0 aliphatic heterocycles. The minimum atomic E-state index is -3.82. The molecule has 31 heavy (non-hydrogen) atoms. The normalized spacial score (nSPS) is 11.4. The lowest BCUT2D eigenvalue weighted by Crippen LogP contribution is -2.21. The van der Waals surface area contributed by atoms with E-state index in [2.05, 4.69) is 5.32 Å². The summed E-state index contributed by atoms with van der Waals surface area (Å²) in [5.74, 6) is -1.16. The Hall–Kier alpha value is -3.75. The molecule has 0 heterocycles. The molecule has 0 atom stereocenters. The Morgan fingerprint density at radius 3 is 1.94 bits per heavy atom. The fourth-order valence-corrected chi connectivity index (χ4v) is 3.88. The fourth-order valence-electron chi connectivity index (χ4n) is 3.36. The Morgan fingerprint density at radius 2 is 1.39 bits per heavy atom. The lowest BCUT2D eigenvalue weighted by Gasteiger charge is -2.11. The van der Waals surface area contributed by atoms with E-state index in [1.807, 2.05) is 54.6 Å². The van der Waals surface area contributed by atoms with Crippen molar-refractivity contribution in [2.75, 3.05) is 11.9 Å². The third-order valence-corrected chi connectivity index (χ3v) is 5.71. The number of hydrogen-bond acceptors (Lipinski definition) is 5. The van der Waals surface area contributed by atoms with Crippen molar-refractivity contribution in [1.29, 1.82) is 0 Å². The average molecular weight is 434 g/mol. The van der Waals surface area contributed by atoms with Crippen LogP contribution in [0, 0.1) is 0 Å². The molecule has 0 aliphatic carbocycles. The van der Waals surface area contributed by atoms with E-state index in [9.17, 15) is 18.0 Å². The molecule has 4 aromatic rings. The first-order valence-corrected chi connectivity index (χ1v) is 10.9. The van der Waals surface area contributed by atoms with Gasteiger partial charge in [0, 0.05) is 5.69 Å². The van der Waals surface area contributed by atoms with E-state index in [1.54, 1.807) is 0 Å². The van der Waals surface area contributed by atoms with Crippen LogP contribution in [0.2, 0.25) is 0 Å². The fraction of sp³-hybridized carbons (Fsp3) is 0.0435. The van der Waals surface area contributed by atoms with Crippen molar-refractivity contribution >= 4 is 49.1 Å². The Balaban J connectivity index is 1.52. The van der Waals surface area contributed by atoms with Crippen molar-refractivity contribution in [1.82, 2.24) is 0 Å². The molecule has 0 spiro atoms. The molecular formula is C23H18N2O5S. The van der Waals surface area contributed by atoms with Crippen LogP contribution in [0.25, 0.3) is 21.5 Å². The summed E-state index contributed by atoms with van der Waals surface area (Å²) in [5.41, 5.74) is 0.753. The number of fused-ring (bicyclic) bond motifs is 2. The minimum absolute atomic E-state index is 0.0697. The van der Waals surface area contributed by atoms with Gasteiger partial charge in [-0.15, -0.1) is 0 Å². The van der Waals surface area contributed by atoms with Gasteiger partial charge in [-0.25, -0.2) is 18.4 Å². The van der Waals surface area contributed by atoms with Gasteiger partial charge in [-0.05, 0) is 51.9 Å². The van der Waals surface area contributed by atoms with Gasteiger partial charge in [0.25, 0.3) is 5.91 Å². The number of esters is 1. The molecule has 1 amide bonds. The zero-order valence-corrected chi connectivity index (χ0v) is 17.1. The quantitative estimate of drug-likeness (QED) is 0.369. The van der Waals surface area contributed by atoms with Gasteiger partial charge in [0.05, 0.1) is 10.5 Å². The van der Waals surface area contributed by atoms with Crippen molar-refractivity contribution in [2.24, 2.45) is 5.14 Å². The second-order valence-corrected chi connectivity index (χ2v) is 8.45. The molecule has 0 saturated heterocycles. The van der Waals surface area contributed by atoms with Crippen molar-refractivity contribution in [2.45, 2.75) is 4.90 Å². The maximum Gasteiger partial charge on any atom is 0.339 e. The SMILES string of the molecule is NS(=O)(=O)c1ccc(NC(=O)COC(=O)c2c3ccccc3cc3ccccc23)cc1. The third kappa shape index (κ3) is 4.40. The second-order valence-electron chi connectivity index (χ2n) is 6.89. The monoisotopic (exact) mass is 434 g/mol. The highest BCUT2D eigenvalue weighted by Gasteiger charge is 2.17. The topological polar surface area (TPSA) is 116 Å². The number of nitrogens with one attached hydrogen (secondary N) is 1. The molecule has 0 fully saturated rings. The van der Waals surface area contributed by atoms with Gasteiger partial charge in [0.1, 0.15) is 0 Å². The summed E-state index contributed by atoms with van der Waals surface area (Å²) in [6.07, 6.45) is 0. The number of primary sulfonamides is 1. The second kappa shape index (κ2) is 8.17. The van der Waals surface area contributed by atoms with Crippen LogP contribution in [-0.4, -0.2) is 26.9 Å². The van der Waals surface area contributed by atoms with Crippen LogP contribution >= 0.6 is 0 Å². The van der Waals surface area contributed by atoms with Gasteiger partial charge >= 0.3 is 5.97 Å². The molecule has 3 N–H and O–H groups in total. The molecule has 0 bridgehead atoms. The lowest BCUT2D eigenvalue weighted by molar-refractivity contribution is -0.119. The molecular weight excluding hydrogens is 416 g/mol. The summed E-state index contributed by atoms with van der Waals surface area (Å²) < 4.78 is 27.9. The highest BCUT2D eigenvalue weighted by atomic mass is 32.2. The van der Waals surface area contributed by atoms with Gasteiger partial charge in [-0.2, -0.15) is 0 Å².